The number of aliphatic hydroxyl groups is 1. The molecule has 0 saturated heterocycles. The monoisotopic (exact) mass is 373 g/mol. The summed E-state index contributed by atoms with van der Waals surface area (Å²) in [6.07, 6.45) is -1.63. The van der Waals surface area contributed by atoms with E-state index in [4.69, 9.17) is 5.14 Å². The lowest BCUT2D eigenvalue weighted by Crippen LogP contribution is -2.19. The van der Waals surface area contributed by atoms with Crippen LogP contribution < -0.4 is 10.5 Å². The number of nitrogens with zero attached hydrogens (tertiary/aromatic N) is 1. The SMILES string of the molecule is NS(=O)(=O)c1cc([N+](=O)[O-])ccc1NCC(O)c1c(F)cccc1F. The van der Waals surface area contributed by atoms with E-state index in [1.165, 1.54) is 0 Å². The van der Waals surface area contributed by atoms with E-state index in [2.05, 4.69) is 5.32 Å². The van der Waals surface area contributed by atoms with Gasteiger partial charge in [-0.1, -0.05) is 6.07 Å². The van der Waals surface area contributed by atoms with Crippen LogP contribution >= 0.6 is 0 Å². The second-order valence-electron chi connectivity index (χ2n) is 5.01. The molecule has 11 heteroatoms. The van der Waals surface area contributed by atoms with E-state index in [1.54, 1.807) is 0 Å². The first kappa shape index (κ1) is 18.7. The maximum Gasteiger partial charge on any atom is 0.270 e. The summed E-state index contributed by atoms with van der Waals surface area (Å²) in [5, 5.41) is 28.2. The van der Waals surface area contributed by atoms with Gasteiger partial charge in [0, 0.05) is 18.7 Å². The van der Waals surface area contributed by atoms with Crippen molar-refractivity contribution in [2.75, 3.05) is 11.9 Å². The summed E-state index contributed by atoms with van der Waals surface area (Å²) >= 11 is 0. The van der Waals surface area contributed by atoms with Crippen LogP contribution in [0.3, 0.4) is 0 Å². The van der Waals surface area contributed by atoms with Crippen molar-refractivity contribution in [1.82, 2.24) is 0 Å². The Balaban J connectivity index is 2.30. The highest BCUT2D eigenvalue weighted by Gasteiger charge is 2.21. The van der Waals surface area contributed by atoms with Gasteiger partial charge in [0.2, 0.25) is 10.0 Å². The van der Waals surface area contributed by atoms with Gasteiger partial charge in [0.25, 0.3) is 5.69 Å². The van der Waals surface area contributed by atoms with E-state index in [9.17, 15) is 32.4 Å². The van der Waals surface area contributed by atoms with Crippen LogP contribution in [0.15, 0.2) is 41.3 Å². The molecule has 0 aliphatic carbocycles. The Morgan fingerprint density at radius 3 is 2.36 bits per heavy atom. The molecule has 2 aromatic carbocycles. The second kappa shape index (κ2) is 7.09. The van der Waals surface area contributed by atoms with Crippen LogP contribution in [0.1, 0.15) is 11.7 Å². The average Bonchev–Trinajstić information content (AvgIpc) is 2.51. The van der Waals surface area contributed by atoms with Crippen molar-refractivity contribution < 1.29 is 27.2 Å². The van der Waals surface area contributed by atoms with E-state index >= 15 is 0 Å². The number of rotatable bonds is 6. The number of aliphatic hydroxyl groups excluding tert-OH is 1. The Kier molecular flexibility index (Phi) is 5.30. The fraction of sp³-hybridized carbons (Fsp3) is 0.143. The van der Waals surface area contributed by atoms with Crippen molar-refractivity contribution in [1.29, 1.82) is 0 Å². The van der Waals surface area contributed by atoms with E-state index < -0.39 is 55.4 Å². The van der Waals surface area contributed by atoms with Crippen molar-refractivity contribution >= 4 is 21.4 Å². The maximum absolute atomic E-state index is 13.6. The summed E-state index contributed by atoms with van der Waals surface area (Å²) in [6, 6.07) is 5.89. The predicted octanol–water partition coefficient (Wildman–Crippen LogP) is 1.67. The number of nitro groups is 1. The lowest BCUT2D eigenvalue weighted by molar-refractivity contribution is -0.385. The number of primary sulfonamides is 1. The zero-order valence-electron chi connectivity index (χ0n) is 12.5. The van der Waals surface area contributed by atoms with Gasteiger partial charge < -0.3 is 10.4 Å². The molecule has 0 aromatic heterocycles. The fourth-order valence-corrected chi connectivity index (χ4v) is 2.88. The van der Waals surface area contributed by atoms with E-state index in [0.717, 1.165) is 36.4 Å². The van der Waals surface area contributed by atoms with Crippen LogP contribution in [0.2, 0.25) is 0 Å². The molecule has 8 nitrogen and oxygen atoms in total. The summed E-state index contributed by atoms with van der Waals surface area (Å²) in [6.45, 7) is -0.460. The number of anilines is 1. The van der Waals surface area contributed by atoms with Crippen LogP contribution in [-0.2, 0) is 10.0 Å². The minimum absolute atomic E-state index is 0.149. The van der Waals surface area contributed by atoms with Crippen LogP contribution in [0.25, 0.3) is 0 Å². The van der Waals surface area contributed by atoms with Crippen LogP contribution in [0, 0.1) is 21.7 Å². The van der Waals surface area contributed by atoms with Gasteiger partial charge >= 0.3 is 0 Å². The van der Waals surface area contributed by atoms with E-state index in [-0.39, 0.29) is 5.69 Å². The van der Waals surface area contributed by atoms with Crippen LogP contribution in [0.4, 0.5) is 20.2 Å². The van der Waals surface area contributed by atoms with Gasteiger partial charge in [-0.3, -0.25) is 10.1 Å². The molecule has 2 rings (SSSR count). The molecule has 4 N–H and O–H groups in total. The number of nitrogens with one attached hydrogen (secondary N) is 1. The molecule has 0 spiro atoms. The average molecular weight is 373 g/mol. The summed E-state index contributed by atoms with van der Waals surface area (Å²) in [4.78, 5) is 9.36. The Morgan fingerprint density at radius 1 is 1.24 bits per heavy atom. The molecule has 1 atom stereocenters. The molecule has 0 amide bonds. The van der Waals surface area contributed by atoms with Gasteiger partial charge in [-0.15, -0.1) is 0 Å². The van der Waals surface area contributed by atoms with Gasteiger partial charge in [-0.2, -0.15) is 0 Å². The lowest BCUT2D eigenvalue weighted by atomic mass is 10.1. The standard InChI is InChI=1S/C14H13F2N3O5S/c15-9-2-1-3-10(16)14(9)12(20)7-18-11-5-4-8(19(21)22)6-13(11)25(17,23)24/h1-6,12,18,20H,7H2,(H2,17,23,24). The molecule has 0 saturated carbocycles. The smallest absolute Gasteiger partial charge is 0.270 e. The molecule has 25 heavy (non-hydrogen) atoms. The second-order valence-corrected chi connectivity index (χ2v) is 6.54. The first-order valence-electron chi connectivity index (χ1n) is 6.78. The van der Waals surface area contributed by atoms with Gasteiger partial charge in [0.15, 0.2) is 0 Å². The van der Waals surface area contributed by atoms with Gasteiger partial charge in [-0.05, 0) is 18.2 Å². The minimum Gasteiger partial charge on any atom is -0.386 e. The molecule has 0 aliphatic rings. The van der Waals surface area contributed by atoms with Crippen molar-refractivity contribution in [2.24, 2.45) is 5.14 Å². The molecule has 0 heterocycles. The van der Waals surface area contributed by atoms with Crippen molar-refractivity contribution in [3.63, 3.8) is 0 Å². The molecule has 0 fully saturated rings. The zero-order valence-corrected chi connectivity index (χ0v) is 13.3. The largest absolute Gasteiger partial charge is 0.386 e. The number of nitrogens with two attached hydrogens (primary N) is 1. The molecule has 0 radical (unpaired) electrons. The highest BCUT2D eigenvalue weighted by atomic mass is 32.2. The third kappa shape index (κ3) is 4.26. The number of benzene rings is 2. The molecular formula is C14H13F2N3O5S. The van der Waals surface area contributed by atoms with Crippen molar-refractivity contribution in [3.8, 4) is 0 Å². The summed E-state index contributed by atoms with van der Waals surface area (Å²) in [5.41, 5.74) is -1.24. The maximum atomic E-state index is 13.6. The number of sulfonamides is 1. The zero-order chi connectivity index (χ0) is 18.8. The highest BCUT2D eigenvalue weighted by Crippen LogP contribution is 2.27. The van der Waals surface area contributed by atoms with Gasteiger partial charge in [-0.25, -0.2) is 22.3 Å². The van der Waals surface area contributed by atoms with Crippen LogP contribution in [0.5, 0.6) is 0 Å². The molecule has 0 aliphatic heterocycles. The molecule has 134 valence electrons. The number of hydrogen-bond acceptors (Lipinski definition) is 6. The number of hydrogen-bond donors (Lipinski definition) is 3. The van der Waals surface area contributed by atoms with Crippen molar-refractivity contribution in [3.05, 3.63) is 63.7 Å². The fourth-order valence-electron chi connectivity index (χ4n) is 2.14. The van der Waals surface area contributed by atoms with E-state index in [1.807, 2.05) is 0 Å². The van der Waals surface area contributed by atoms with Crippen molar-refractivity contribution in [2.45, 2.75) is 11.0 Å². The lowest BCUT2D eigenvalue weighted by Gasteiger charge is -2.16. The number of halogens is 2. The molecule has 2 aromatic rings. The Hall–Kier alpha value is -2.63. The quantitative estimate of drug-likeness (QED) is 0.520. The number of nitro benzene ring substituents is 1. The minimum atomic E-state index is -4.32. The third-order valence-corrected chi connectivity index (χ3v) is 4.25. The molecule has 0 bridgehead atoms. The Labute approximate surface area is 141 Å². The highest BCUT2D eigenvalue weighted by molar-refractivity contribution is 7.89. The summed E-state index contributed by atoms with van der Waals surface area (Å²) in [5.74, 6) is -1.94. The van der Waals surface area contributed by atoms with E-state index in [0.29, 0.717) is 0 Å². The Morgan fingerprint density at radius 2 is 1.84 bits per heavy atom. The summed E-state index contributed by atoms with van der Waals surface area (Å²) in [7, 11) is -4.32. The molecular weight excluding hydrogens is 360 g/mol. The molecule has 1 unspecified atom stereocenters. The number of non-ortho nitro benzene ring substituents is 1. The Bertz CT molecular complexity index is 900. The van der Waals surface area contributed by atoms with Gasteiger partial charge in [0.05, 0.1) is 16.2 Å². The summed E-state index contributed by atoms with van der Waals surface area (Å²) < 4.78 is 50.4. The topological polar surface area (TPSA) is 136 Å². The van der Waals surface area contributed by atoms with Gasteiger partial charge in [0.1, 0.15) is 22.6 Å². The first-order chi connectivity index (χ1) is 11.6. The van der Waals surface area contributed by atoms with Crippen LogP contribution in [-0.4, -0.2) is 25.0 Å². The third-order valence-electron chi connectivity index (χ3n) is 3.30. The first-order valence-corrected chi connectivity index (χ1v) is 8.33. The normalized spacial score (nSPS) is 12.6. The predicted molar refractivity (Wildman–Crippen MR) is 84.3 cm³/mol.